The molecule has 0 bridgehead atoms. The number of ether oxygens (including phenoxy) is 1. The van der Waals surface area contributed by atoms with Crippen molar-refractivity contribution >= 4 is 17.4 Å². The van der Waals surface area contributed by atoms with E-state index in [0.29, 0.717) is 24.5 Å². The van der Waals surface area contributed by atoms with Crippen LogP contribution in [0, 0.1) is 0 Å². The van der Waals surface area contributed by atoms with E-state index in [9.17, 15) is 18.0 Å². The fourth-order valence-corrected chi connectivity index (χ4v) is 2.37. The Hall–Kier alpha value is -2.68. The maximum Gasteiger partial charge on any atom is 0.471 e. The number of rotatable bonds is 3. The number of nitrogens with one attached hydrogen (secondary N) is 1. The molecule has 1 saturated heterocycles. The number of amides is 1. The van der Waals surface area contributed by atoms with Crippen LogP contribution in [0.1, 0.15) is 0 Å². The summed E-state index contributed by atoms with van der Waals surface area (Å²) in [6.07, 6.45) is -4.92. The van der Waals surface area contributed by atoms with Crippen LogP contribution in [-0.2, 0) is 9.53 Å². The van der Waals surface area contributed by atoms with Gasteiger partial charge in [0.2, 0.25) is 0 Å². The number of nitrogens with zero attached hydrogens (tertiary/aromatic N) is 3. The molecule has 25 heavy (non-hydrogen) atoms. The molecule has 9 heteroatoms. The van der Waals surface area contributed by atoms with E-state index in [4.69, 9.17) is 4.74 Å². The molecular weight excluding hydrogens is 337 g/mol. The van der Waals surface area contributed by atoms with Gasteiger partial charge in [0.25, 0.3) is 0 Å². The SMILES string of the molecule is O=C(Nc1ccc(-c2ccc(N3CCOCC3)nn2)cc1)C(F)(F)F. The summed E-state index contributed by atoms with van der Waals surface area (Å²) in [4.78, 5) is 13.0. The van der Waals surface area contributed by atoms with Crippen molar-refractivity contribution < 1.29 is 22.7 Å². The molecule has 0 unspecified atom stereocenters. The first-order chi connectivity index (χ1) is 11.9. The van der Waals surface area contributed by atoms with Crippen LogP contribution >= 0.6 is 0 Å². The van der Waals surface area contributed by atoms with Gasteiger partial charge in [0, 0.05) is 24.3 Å². The predicted octanol–water partition coefficient (Wildman–Crippen LogP) is 2.48. The van der Waals surface area contributed by atoms with Crippen LogP contribution in [0.4, 0.5) is 24.7 Å². The normalized spacial score (nSPS) is 15.1. The standard InChI is InChI=1S/C16H15F3N4O2/c17-16(18,19)15(24)20-12-3-1-11(2-4-12)13-5-6-14(22-21-13)23-7-9-25-10-8-23/h1-6H,7-10H2,(H,20,24). The molecule has 0 radical (unpaired) electrons. The zero-order valence-electron chi connectivity index (χ0n) is 13.1. The van der Waals surface area contributed by atoms with E-state index in [0.717, 1.165) is 18.9 Å². The van der Waals surface area contributed by atoms with Gasteiger partial charge in [0.15, 0.2) is 5.82 Å². The molecule has 1 aromatic heterocycles. The second-order valence-corrected chi connectivity index (χ2v) is 5.41. The van der Waals surface area contributed by atoms with Crippen molar-refractivity contribution in [3.05, 3.63) is 36.4 Å². The molecule has 1 N–H and O–H groups in total. The summed E-state index contributed by atoms with van der Waals surface area (Å²) in [5.41, 5.74) is 1.33. The predicted molar refractivity (Wildman–Crippen MR) is 85.2 cm³/mol. The zero-order valence-corrected chi connectivity index (χ0v) is 13.1. The molecule has 1 fully saturated rings. The summed E-state index contributed by atoms with van der Waals surface area (Å²) < 4.78 is 42.0. The van der Waals surface area contributed by atoms with Gasteiger partial charge in [0.05, 0.1) is 18.9 Å². The molecule has 132 valence electrons. The molecule has 2 heterocycles. The van der Waals surface area contributed by atoms with Gasteiger partial charge in [-0.3, -0.25) is 4.79 Å². The molecular formula is C16H15F3N4O2. The van der Waals surface area contributed by atoms with Crippen molar-refractivity contribution in [3.63, 3.8) is 0 Å². The van der Waals surface area contributed by atoms with Crippen molar-refractivity contribution in [2.75, 3.05) is 36.5 Å². The Kier molecular flexibility index (Phi) is 4.84. The monoisotopic (exact) mass is 352 g/mol. The highest BCUT2D eigenvalue weighted by Crippen LogP contribution is 2.23. The Balaban J connectivity index is 1.68. The Morgan fingerprint density at radius 2 is 1.72 bits per heavy atom. The second kappa shape index (κ2) is 7.06. The summed E-state index contributed by atoms with van der Waals surface area (Å²) in [7, 11) is 0. The van der Waals surface area contributed by atoms with E-state index < -0.39 is 12.1 Å². The van der Waals surface area contributed by atoms with Gasteiger partial charge >= 0.3 is 12.1 Å². The minimum atomic E-state index is -4.92. The van der Waals surface area contributed by atoms with E-state index in [1.807, 2.05) is 6.07 Å². The maximum atomic E-state index is 12.2. The van der Waals surface area contributed by atoms with Crippen LogP contribution in [-0.4, -0.2) is 48.6 Å². The van der Waals surface area contributed by atoms with E-state index in [1.54, 1.807) is 23.5 Å². The van der Waals surface area contributed by atoms with Crippen LogP contribution in [0.25, 0.3) is 11.3 Å². The van der Waals surface area contributed by atoms with E-state index in [2.05, 4.69) is 15.1 Å². The third-order valence-electron chi connectivity index (χ3n) is 3.68. The minimum Gasteiger partial charge on any atom is -0.378 e. The highest BCUT2D eigenvalue weighted by atomic mass is 19.4. The molecule has 0 saturated carbocycles. The van der Waals surface area contributed by atoms with Gasteiger partial charge in [-0.15, -0.1) is 10.2 Å². The zero-order chi connectivity index (χ0) is 17.9. The van der Waals surface area contributed by atoms with Crippen molar-refractivity contribution in [3.8, 4) is 11.3 Å². The number of hydrogen-bond acceptors (Lipinski definition) is 5. The average molecular weight is 352 g/mol. The van der Waals surface area contributed by atoms with Crippen molar-refractivity contribution in [2.24, 2.45) is 0 Å². The number of aromatic nitrogens is 2. The lowest BCUT2D eigenvalue weighted by Gasteiger charge is -2.27. The molecule has 1 amide bonds. The second-order valence-electron chi connectivity index (χ2n) is 5.41. The molecule has 1 aromatic carbocycles. The molecule has 3 rings (SSSR count). The van der Waals surface area contributed by atoms with Crippen LogP contribution in [0.5, 0.6) is 0 Å². The fraction of sp³-hybridized carbons (Fsp3) is 0.312. The molecule has 0 spiro atoms. The summed E-state index contributed by atoms with van der Waals surface area (Å²) >= 11 is 0. The van der Waals surface area contributed by atoms with Crippen molar-refractivity contribution in [1.29, 1.82) is 0 Å². The number of morpholine rings is 1. The van der Waals surface area contributed by atoms with Crippen molar-refractivity contribution in [2.45, 2.75) is 6.18 Å². The maximum absolute atomic E-state index is 12.2. The van der Waals surface area contributed by atoms with Crippen LogP contribution in [0.15, 0.2) is 36.4 Å². The van der Waals surface area contributed by atoms with Crippen LogP contribution in [0.2, 0.25) is 0 Å². The Morgan fingerprint density at radius 3 is 2.28 bits per heavy atom. The van der Waals surface area contributed by atoms with Gasteiger partial charge in [0.1, 0.15) is 0 Å². The van der Waals surface area contributed by atoms with Crippen LogP contribution in [0.3, 0.4) is 0 Å². The minimum absolute atomic E-state index is 0.0592. The number of hydrogen-bond donors (Lipinski definition) is 1. The Morgan fingerprint density at radius 1 is 1.04 bits per heavy atom. The number of benzene rings is 1. The van der Waals surface area contributed by atoms with Gasteiger partial charge in [-0.05, 0) is 24.3 Å². The lowest BCUT2D eigenvalue weighted by molar-refractivity contribution is -0.167. The molecule has 6 nitrogen and oxygen atoms in total. The summed E-state index contributed by atoms with van der Waals surface area (Å²) in [6.45, 7) is 2.80. The van der Waals surface area contributed by atoms with E-state index in [1.165, 1.54) is 12.1 Å². The molecule has 1 aliphatic rings. The number of carbonyl (C=O) groups is 1. The number of carbonyl (C=O) groups excluding carboxylic acids is 1. The lowest BCUT2D eigenvalue weighted by atomic mass is 10.1. The third kappa shape index (κ3) is 4.24. The summed E-state index contributed by atoms with van der Waals surface area (Å²) in [5.74, 6) is -1.25. The highest BCUT2D eigenvalue weighted by molar-refractivity contribution is 5.95. The topological polar surface area (TPSA) is 67.4 Å². The molecule has 0 atom stereocenters. The lowest BCUT2D eigenvalue weighted by Crippen LogP contribution is -2.36. The largest absolute Gasteiger partial charge is 0.471 e. The third-order valence-corrected chi connectivity index (χ3v) is 3.68. The smallest absolute Gasteiger partial charge is 0.378 e. The fourth-order valence-electron chi connectivity index (χ4n) is 2.37. The number of halogens is 3. The highest BCUT2D eigenvalue weighted by Gasteiger charge is 2.38. The van der Waals surface area contributed by atoms with Gasteiger partial charge in [-0.2, -0.15) is 13.2 Å². The molecule has 1 aliphatic heterocycles. The number of alkyl halides is 3. The van der Waals surface area contributed by atoms with E-state index >= 15 is 0 Å². The van der Waals surface area contributed by atoms with Gasteiger partial charge in [-0.25, -0.2) is 0 Å². The van der Waals surface area contributed by atoms with Crippen molar-refractivity contribution in [1.82, 2.24) is 10.2 Å². The van der Waals surface area contributed by atoms with E-state index in [-0.39, 0.29) is 5.69 Å². The number of anilines is 2. The quantitative estimate of drug-likeness (QED) is 0.919. The first-order valence-electron chi connectivity index (χ1n) is 7.58. The molecule has 0 aliphatic carbocycles. The summed E-state index contributed by atoms with van der Waals surface area (Å²) in [5, 5.41) is 10.1. The Labute approximate surface area is 141 Å². The summed E-state index contributed by atoms with van der Waals surface area (Å²) in [6, 6.07) is 9.55. The average Bonchev–Trinajstić information content (AvgIpc) is 2.62. The van der Waals surface area contributed by atoms with Gasteiger partial charge < -0.3 is 15.0 Å². The molecule has 2 aromatic rings. The first-order valence-corrected chi connectivity index (χ1v) is 7.58. The van der Waals surface area contributed by atoms with Crippen LogP contribution < -0.4 is 10.2 Å². The first kappa shape index (κ1) is 17.2. The van der Waals surface area contributed by atoms with Gasteiger partial charge in [-0.1, -0.05) is 12.1 Å². The Bertz CT molecular complexity index is 727.